The van der Waals surface area contributed by atoms with Crippen LogP contribution in [0.1, 0.15) is 17.7 Å². The number of piperazine rings is 1. The minimum absolute atomic E-state index is 0.621. The first-order chi connectivity index (χ1) is 11.2. The molecule has 2 aromatic rings. The van der Waals surface area contributed by atoms with Crippen molar-refractivity contribution in [2.24, 2.45) is 0 Å². The summed E-state index contributed by atoms with van der Waals surface area (Å²) >= 11 is 12.3. The van der Waals surface area contributed by atoms with Gasteiger partial charge in [-0.3, -0.25) is 14.8 Å². The normalized spacial score (nSPS) is 24.4. The van der Waals surface area contributed by atoms with Crippen LogP contribution < -0.4 is 0 Å². The quantitative estimate of drug-likeness (QED) is 0.837. The average molecular weight is 348 g/mol. The van der Waals surface area contributed by atoms with Crippen molar-refractivity contribution in [3.63, 3.8) is 0 Å². The van der Waals surface area contributed by atoms with Crippen LogP contribution in [0.15, 0.2) is 42.6 Å². The summed E-state index contributed by atoms with van der Waals surface area (Å²) in [7, 11) is 0. The minimum Gasteiger partial charge on any atom is -0.293 e. The first-order valence-electron chi connectivity index (χ1n) is 8.01. The Morgan fingerprint density at radius 1 is 1.00 bits per heavy atom. The molecule has 0 aliphatic carbocycles. The molecule has 2 bridgehead atoms. The van der Waals surface area contributed by atoms with Crippen LogP contribution in [0.4, 0.5) is 0 Å². The van der Waals surface area contributed by atoms with Crippen LogP contribution in [0.3, 0.4) is 0 Å². The van der Waals surface area contributed by atoms with Gasteiger partial charge in [0.2, 0.25) is 0 Å². The molecule has 4 rings (SSSR count). The van der Waals surface area contributed by atoms with Gasteiger partial charge in [0, 0.05) is 54.5 Å². The Morgan fingerprint density at radius 3 is 2.43 bits per heavy atom. The molecule has 120 valence electrons. The number of aromatic nitrogens is 1. The summed E-state index contributed by atoms with van der Waals surface area (Å²) in [6.45, 7) is 4.09. The van der Waals surface area contributed by atoms with E-state index in [9.17, 15) is 0 Å². The van der Waals surface area contributed by atoms with Gasteiger partial charge in [0.1, 0.15) is 0 Å². The number of fused-ring (bicyclic) bond motifs is 2. The summed E-state index contributed by atoms with van der Waals surface area (Å²) in [5, 5.41) is 1.47. The van der Waals surface area contributed by atoms with Crippen molar-refractivity contribution in [2.75, 3.05) is 13.1 Å². The van der Waals surface area contributed by atoms with Crippen molar-refractivity contribution in [1.29, 1.82) is 0 Å². The lowest BCUT2D eigenvalue weighted by atomic mass is 10.2. The number of rotatable bonds is 4. The van der Waals surface area contributed by atoms with Gasteiger partial charge in [-0.1, -0.05) is 35.3 Å². The van der Waals surface area contributed by atoms with E-state index in [-0.39, 0.29) is 0 Å². The summed E-state index contributed by atoms with van der Waals surface area (Å²) in [4.78, 5) is 9.56. The van der Waals surface area contributed by atoms with E-state index in [1.807, 2.05) is 30.5 Å². The first-order valence-corrected chi connectivity index (χ1v) is 8.76. The fraction of sp³-hybridized carbons (Fsp3) is 0.389. The van der Waals surface area contributed by atoms with E-state index in [2.05, 4.69) is 26.9 Å². The Hall–Kier alpha value is -1.13. The topological polar surface area (TPSA) is 19.4 Å². The molecule has 2 atom stereocenters. The number of hydrogen-bond donors (Lipinski definition) is 0. The van der Waals surface area contributed by atoms with Gasteiger partial charge >= 0.3 is 0 Å². The van der Waals surface area contributed by atoms with Gasteiger partial charge in [0.15, 0.2) is 0 Å². The number of pyridine rings is 1. The second-order valence-electron chi connectivity index (χ2n) is 6.46. The Balaban J connectivity index is 1.39. The lowest BCUT2D eigenvalue weighted by molar-refractivity contribution is 0.117. The molecule has 0 spiro atoms. The third-order valence-electron chi connectivity index (χ3n) is 4.95. The van der Waals surface area contributed by atoms with Gasteiger partial charge < -0.3 is 0 Å². The van der Waals surface area contributed by atoms with Crippen LogP contribution in [0.5, 0.6) is 0 Å². The Bertz CT molecular complexity index is 692. The SMILES string of the molecule is Clc1ccc(CN2CC3CC2CN3Cc2ccccn2)c(Cl)c1. The third-order valence-corrected chi connectivity index (χ3v) is 5.53. The Morgan fingerprint density at radius 2 is 1.78 bits per heavy atom. The van der Waals surface area contributed by atoms with Crippen molar-refractivity contribution in [1.82, 2.24) is 14.8 Å². The molecule has 0 N–H and O–H groups in total. The summed E-state index contributed by atoms with van der Waals surface area (Å²) in [6, 6.07) is 13.2. The fourth-order valence-electron chi connectivity index (χ4n) is 3.79. The maximum absolute atomic E-state index is 6.32. The first kappa shape index (κ1) is 15.4. The fourth-order valence-corrected chi connectivity index (χ4v) is 4.26. The molecule has 23 heavy (non-hydrogen) atoms. The largest absolute Gasteiger partial charge is 0.293 e. The molecule has 2 saturated heterocycles. The number of nitrogens with zero attached hydrogens (tertiary/aromatic N) is 3. The van der Waals surface area contributed by atoms with Crippen LogP contribution in [0, 0.1) is 0 Å². The zero-order valence-corrected chi connectivity index (χ0v) is 14.3. The molecule has 5 heteroatoms. The van der Waals surface area contributed by atoms with Gasteiger partial charge in [0.25, 0.3) is 0 Å². The molecular weight excluding hydrogens is 329 g/mol. The molecule has 1 aromatic heterocycles. The summed E-state index contributed by atoms with van der Waals surface area (Å²) in [5.41, 5.74) is 2.33. The standard InChI is InChI=1S/C18H19Cl2N3/c19-14-5-4-13(18(20)7-14)9-22-11-17-8-16(22)12-23(17)10-15-3-1-2-6-21-15/h1-7,16-17H,8-12H2. The number of likely N-dealkylation sites (tertiary alicyclic amines) is 2. The second kappa shape index (κ2) is 6.40. The van der Waals surface area contributed by atoms with Crippen molar-refractivity contribution in [2.45, 2.75) is 31.6 Å². The van der Waals surface area contributed by atoms with E-state index in [0.29, 0.717) is 17.1 Å². The third kappa shape index (κ3) is 3.24. The summed E-state index contributed by atoms with van der Waals surface area (Å²) in [5.74, 6) is 0. The smallest absolute Gasteiger partial charge is 0.0544 e. The van der Waals surface area contributed by atoms with Gasteiger partial charge in [-0.25, -0.2) is 0 Å². The maximum Gasteiger partial charge on any atom is 0.0544 e. The zero-order valence-electron chi connectivity index (χ0n) is 12.8. The van der Waals surface area contributed by atoms with E-state index in [0.717, 1.165) is 36.9 Å². The highest BCUT2D eigenvalue weighted by molar-refractivity contribution is 6.35. The van der Waals surface area contributed by atoms with Crippen LogP contribution in [-0.2, 0) is 13.1 Å². The van der Waals surface area contributed by atoms with Gasteiger partial charge in [-0.2, -0.15) is 0 Å². The predicted octanol–water partition coefficient (Wildman–Crippen LogP) is 3.85. The summed E-state index contributed by atoms with van der Waals surface area (Å²) in [6.07, 6.45) is 3.12. The highest BCUT2D eigenvalue weighted by Crippen LogP contribution is 2.34. The molecule has 1 aromatic carbocycles. The monoisotopic (exact) mass is 347 g/mol. The van der Waals surface area contributed by atoms with Gasteiger partial charge in [0.05, 0.1) is 5.69 Å². The van der Waals surface area contributed by atoms with Crippen LogP contribution in [0.25, 0.3) is 0 Å². The Labute approximate surface area is 146 Å². The molecule has 0 amide bonds. The second-order valence-corrected chi connectivity index (χ2v) is 7.30. The highest BCUT2D eigenvalue weighted by atomic mass is 35.5. The molecule has 3 nitrogen and oxygen atoms in total. The van der Waals surface area contributed by atoms with Gasteiger partial charge in [-0.05, 0) is 36.2 Å². The predicted molar refractivity (Wildman–Crippen MR) is 93.7 cm³/mol. The number of hydrogen-bond acceptors (Lipinski definition) is 3. The van der Waals surface area contributed by atoms with Crippen molar-refractivity contribution in [3.05, 3.63) is 63.9 Å². The van der Waals surface area contributed by atoms with E-state index < -0.39 is 0 Å². The zero-order chi connectivity index (χ0) is 15.8. The molecule has 0 saturated carbocycles. The van der Waals surface area contributed by atoms with Crippen molar-refractivity contribution >= 4 is 23.2 Å². The Kier molecular flexibility index (Phi) is 4.29. The van der Waals surface area contributed by atoms with Crippen LogP contribution in [-0.4, -0.2) is 40.0 Å². The van der Waals surface area contributed by atoms with E-state index in [1.165, 1.54) is 12.0 Å². The highest BCUT2D eigenvalue weighted by Gasteiger charge is 2.42. The average Bonchev–Trinajstić information content (AvgIpc) is 3.11. The lowest BCUT2D eigenvalue weighted by Crippen LogP contribution is -2.45. The van der Waals surface area contributed by atoms with Crippen molar-refractivity contribution < 1.29 is 0 Å². The molecular formula is C18H19Cl2N3. The van der Waals surface area contributed by atoms with Crippen LogP contribution >= 0.6 is 23.2 Å². The van der Waals surface area contributed by atoms with E-state index in [1.54, 1.807) is 0 Å². The maximum atomic E-state index is 6.32. The molecule has 2 aliphatic heterocycles. The minimum atomic E-state index is 0.621. The lowest BCUT2D eigenvalue weighted by Gasteiger charge is -2.34. The molecule has 2 unspecified atom stereocenters. The molecule has 2 fully saturated rings. The summed E-state index contributed by atoms with van der Waals surface area (Å²) < 4.78 is 0. The van der Waals surface area contributed by atoms with E-state index in [4.69, 9.17) is 23.2 Å². The number of halogens is 2. The number of benzene rings is 1. The molecule has 2 aliphatic rings. The van der Waals surface area contributed by atoms with E-state index >= 15 is 0 Å². The van der Waals surface area contributed by atoms with Gasteiger partial charge in [-0.15, -0.1) is 0 Å². The van der Waals surface area contributed by atoms with Crippen molar-refractivity contribution in [3.8, 4) is 0 Å². The molecule has 0 radical (unpaired) electrons. The molecule has 3 heterocycles. The van der Waals surface area contributed by atoms with Crippen LogP contribution in [0.2, 0.25) is 10.0 Å².